The van der Waals surface area contributed by atoms with E-state index < -0.39 is 11.0 Å². The molecule has 0 bridgehead atoms. The third-order valence-corrected chi connectivity index (χ3v) is 3.59. The van der Waals surface area contributed by atoms with Gasteiger partial charge in [-0.25, -0.2) is 4.21 Å². The lowest BCUT2D eigenvalue weighted by Gasteiger charge is -2.12. The minimum absolute atomic E-state index is 0.294. The molecule has 0 saturated carbocycles. The maximum Gasteiger partial charge on any atom is 0.144 e. The van der Waals surface area contributed by atoms with Crippen LogP contribution in [0.4, 0.5) is 0 Å². The fraction of sp³-hybridized carbons (Fsp3) is 0.462. The summed E-state index contributed by atoms with van der Waals surface area (Å²) in [6.45, 7) is 7.87. The Balaban J connectivity index is 2.88. The highest BCUT2D eigenvalue weighted by molar-refractivity contribution is 7.85. The molecule has 2 nitrogen and oxygen atoms in total. The van der Waals surface area contributed by atoms with Crippen LogP contribution < -0.4 is 0 Å². The van der Waals surface area contributed by atoms with Crippen molar-refractivity contribution < 1.29 is 4.21 Å². The number of nitrogens with zero attached hydrogens (tertiary/aromatic N) is 1. The van der Waals surface area contributed by atoms with Gasteiger partial charge in [0.2, 0.25) is 0 Å². The molecule has 0 amide bonds. The Bertz CT molecular complexity index is 405. The fourth-order valence-corrected chi connectivity index (χ4v) is 1.77. The zero-order valence-electron chi connectivity index (χ0n) is 10.4. The Morgan fingerprint density at radius 2 is 1.94 bits per heavy atom. The van der Waals surface area contributed by atoms with Gasteiger partial charge in [-0.15, -0.1) is 0 Å². The van der Waals surface area contributed by atoms with Gasteiger partial charge in [-0.05, 0) is 38.3 Å². The molecule has 0 radical (unpaired) electrons. The van der Waals surface area contributed by atoms with Gasteiger partial charge in [-0.3, -0.25) is 0 Å². The van der Waals surface area contributed by atoms with E-state index in [1.54, 1.807) is 6.21 Å². The summed E-state index contributed by atoms with van der Waals surface area (Å²) in [7, 11) is -1.18. The Morgan fingerprint density at radius 1 is 1.31 bits per heavy atom. The van der Waals surface area contributed by atoms with Crippen molar-refractivity contribution in [3.05, 3.63) is 35.4 Å². The van der Waals surface area contributed by atoms with Crippen LogP contribution in [0.15, 0.2) is 28.7 Å². The van der Waals surface area contributed by atoms with Crippen molar-refractivity contribution in [2.75, 3.05) is 0 Å². The third-order valence-electron chi connectivity index (χ3n) is 2.25. The first kappa shape index (κ1) is 13.1. The van der Waals surface area contributed by atoms with E-state index in [9.17, 15) is 4.21 Å². The van der Waals surface area contributed by atoms with Crippen LogP contribution >= 0.6 is 0 Å². The van der Waals surface area contributed by atoms with Gasteiger partial charge >= 0.3 is 0 Å². The van der Waals surface area contributed by atoms with Crippen LogP contribution in [0.1, 0.15) is 38.8 Å². The molecule has 0 fully saturated rings. The second kappa shape index (κ2) is 5.39. The molecule has 0 aliphatic heterocycles. The first-order valence-electron chi connectivity index (χ1n) is 5.49. The van der Waals surface area contributed by atoms with E-state index in [-0.39, 0.29) is 4.75 Å². The smallest absolute Gasteiger partial charge is 0.144 e. The van der Waals surface area contributed by atoms with Gasteiger partial charge in [0.05, 0.1) is 4.75 Å². The van der Waals surface area contributed by atoms with Gasteiger partial charge in [-0.2, -0.15) is 4.40 Å². The van der Waals surface area contributed by atoms with Crippen molar-refractivity contribution in [1.29, 1.82) is 0 Å². The van der Waals surface area contributed by atoms with E-state index in [4.69, 9.17) is 0 Å². The standard InChI is InChI=1S/C13H19NOS/c1-5-11-8-6-7-9-12(11)10-14-16(15)13(2,3)4/h6-10H,5H2,1-4H3/b14-10+. The summed E-state index contributed by atoms with van der Waals surface area (Å²) in [5, 5.41) is 0. The minimum atomic E-state index is -1.18. The molecule has 0 aromatic heterocycles. The molecule has 1 atom stereocenters. The summed E-state index contributed by atoms with van der Waals surface area (Å²) in [4.78, 5) is 0. The van der Waals surface area contributed by atoms with Gasteiger partial charge in [0.1, 0.15) is 11.0 Å². The molecular weight excluding hydrogens is 218 g/mol. The topological polar surface area (TPSA) is 29.4 Å². The molecule has 88 valence electrons. The average Bonchev–Trinajstić information content (AvgIpc) is 2.24. The van der Waals surface area contributed by atoms with Crippen molar-refractivity contribution in [3.8, 4) is 0 Å². The fourth-order valence-electron chi connectivity index (χ4n) is 1.24. The number of benzene rings is 1. The largest absolute Gasteiger partial charge is 0.234 e. The average molecular weight is 237 g/mol. The van der Waals surface area contributed by atoms with Gasteiger partial charge in [0.15, 0.2) is 0 Å². The molecule has 1 aromatic rings. The monoisotopic (exact) mass is 237 g/mol. The molecule has 0 N–H and O–H groups in total. The molecule has 0 aliphatic carbocycles. The maximum absolute atomic E-state index is 11.8. The second-order valence-electron chi connectivity index (χ2n) is 4.65. The van der Waals surface area contributed by atoms with Crippen LogP contribution in [0.3, 0.4) is 0 Å². The first-order valence-corrected chi connectivity index (χ1v) is 6.59. The second-order valence-corrected chi connectivity index (χ2v) is 6.58. The number of hydrogen-bond acceptors (Lipinski definition) is 1. The predicted molar refractivity (Wildman–Crippen MR) is 71.3 cm³/mol. The van der Waals surface area contributed by atoms with Crippen LogP contribution in [0.25, 0.3) is 0 Å². The molecule has 0 saturated heterocycles. The molecular formula is C13H19NOS. The van der Waals surface area contributed by atoms with Crippen LogP contribution in [-0.4, -0.2) is 15.2 Å². The van der Waals surface area contributed by atoms with E-state index in [2.05, 4.69) is 17.4 Å². The molecule has 16 heavy (non-hydrogen) atoms. The zero-order valence-corrected chi connectivity index (χ0v) is 11.2. The van der Waals surface area contributed by atoms with Crippen LogP contribution in [-0.2, 0) is 17.4 Å². The van der Waals surface area contributed by atoms with E-state index in [1.165, 1.54) is 5.56 Å². The minimum Gasteiger partial charge on any atom is -0.234 e. The third kappa shape index (κ3) is 3.56. The summed E-state index contributed by atoms with van der Waals surface area (Å²) in [6.07, 6.45) is 2.69. The highest BCUT2D eigenvalue weighted by Crippen LogP contribution is 2.13. The highest BCUT2D eigenvalue weighted by Gasteiger charge is 2.18. The maximum atomic E-state index is 11.8. The van der Waals surface area contributed by atoms with Gasteiger partial charge in [0, 0.05) is 6.21 Å². The molecule has 0 heterocycles. The van der Waals surface area contributed by atoms with Crippen LogP contribution in [0.5, 0.6) is 0 Å². The molecule has 1 aromatic carbocycles. The Labute approximate surface area is 100 Å². The van der Waals surface area contributed by atoms with Crippen molar-refractivity contribution in [2.24, 2.45) is 4.40 Å². The predicted octanol–water partition coefficient (Wildman–Crippen LogP) is 3.13. The SMILES string of the molecule is CCc1ccccc1/C=N/S(=O)C(C)(C)C. The lowest BCUT2D eigenvalue weighted by atomic mass is 10.1. The van der Waals surface area contributed by atoms with Gasteiger partial charge < -0.3 is 0 Å². The lowest BCUT2D eigenvalue weighted by molar-refractivity contribution is 0.651. The molecule has 1 rings (SSSR count). The molecule has 0 spiro atoms. The normalized spacial score (nSPS) is 14.2. The summed E-state index contributed by atoms with van der Waals surface area (Å²) in [5.74, 6) is 0. The summed E-state index contributed by atoms with van der Waals surface area (Å²) in [6, 6.07) is 8.06. The van der Waals surface area contributed by atoms with Gasteiger partial charge in [-0.1, -0.05) is 31.2 Å². The van der Waals surface area contributed by atoms with Crippen LogP contribution in [0, 0.1) is 0 Å². The van der Waals surface area contributed by atoms with E-state index >= 15 is 0 Å². The first-order chi connectivity index (χ1) is 7.45. The Morgan fingerprint density at radius 3 is 2.50 bits per heavy atom. The summed E-state index contributed by atoms with van der Waals surface area (Å²) < 4.78 is 15.6. The number of aryl methyl sites for hydroxylation is 1. The lowest BCUT2D eigenvalue weighted by Crippen LogP contribution is -2.19. The van der Waals surface area contributed by atoms with E-state index in [1.807, 2.05) is 39.0 Å². The number of rotatable bonds is 3. The Hall–Kier alpha value is -0.960. The summed E-state index contributed by atoms with van der Waals surface area (Å²) in [5.41, 5.74) is 2.29. The highest BCUT2D eigenvalue weighted by atomic mass is 32.2. The van der Waals surface area contributed by atoms with Crippen molar-refractivity contribution in [1.82, 2.24) is 0 Å². The van der Waals surface area contributed by atoms with E-state index in [0.717, 1.165) is 12.0 Å². The van der Waals surface area contributed by atoms with Gasteiger partial charge in [0.25, 0.3) is 0 Å². The van der Waals surface area contributed by atoms with E-state index in [0.29, 0.717) is 0 Å². The quantitative estimate of drug-likeness (QED) is 0.743. The molecule has 0 aliphatic rings. The van der Waals surface area contributed by atoms with Crippen molar-refractivity contribution in [3.63, 3.8) is 0 Å². The summed E-state index contributed by atoms with van der Waals surface area (Å²) >= 11 is 0. The Kier molecular flexibility index (Phi) is 4.42. The van der Waals surface area contributed by atoms with Crippen LogP contribution in [0.2, 0.25) is 0 Å². The zero-order chi connectivity index (χ0) is 12.2. The number of hydrogen-bond donors (Lipinski definition) is 0. The van der Waals surface area contributed by atoms with Crippen molar-refractivity contribution >= 4 is 17.2 Å². The molecule has 1 unspecified atom stereocenters. The van der Waals surface area contributed by atoms with Crippen molar-refractivity contribution in [2.45, 2.75) is 38.9 Å². The molecule has 3 heteroatoms.